The molecule has 2 aromatic rings. The lowest BCUT2D eigenvalue weighted by molar-refractivity contribution is -0.201. The maximum absolute atomic E-state index is 15.3. The second-order valence-corrected chi connectivity index (χ2v) is 10.4. The molecule has 0 saturated carbocycles. The zero-order chi connectivity index (χ0) is 30.0. The predicted molar refractivity (Wildman–Crippen MR) is 144 cm³/mol. The highest BCUT2D eigenvalue weighted by Gasteiger charge is 2.52. The minimum Gasteiger partial charge on any atom is -0.449 e. The third-order valence-electron chi connectivity index (χ3n) is 7.35. The molecule has 0 aliphatic carbocycles. The maximum atomic E-state index is 15.3. The lowest BCUT2D eigenvalue weighted by Gasteiger charge is -2.52. The summed E-state index contributed by atoms with van der Waals surface area (Å²) in [5.41, 5.74) is 1.12. The lowest BCUT2D eigenvalue weighted by atomic mass is 9.78. The Hall–Kier alpha value is -4.01. The van der Waals surface area contributed by atoms with Gasteiger partial charge in [-0.05, 0) is 30.0 Å². The van der Waals surface area contributed by atoms with E-state index >= 15 is 4.39 Å². The SMILES string of the molecule is C=NC(=O)/C(OCOC(=O)OC)=C1/C(=O)N2CCOCC2C(C2c3ccccc3SCc3c2ccc(F)c3F)N1OC. The van der Waals surface area contributed by atoms with Crippen LogP contribution in [0.5, 0.6) is 0 Å². The van der Waals surface area contributed by atoms with E-state index in [1.54, 1.807) is 0 Å². The summed E-state index contributed by atoms with van der Waals surface area (Å²) in [5.74, 6) is -4.71. The third-order valence-corrected chi connectivity index (χ3v) is 8.46. The van der Waals surface area contributed by atoms with E-state index in [-0.39, 0.29) is 36.8 Å². The number of benzene rings is 2. The van der Waals surface area contributed by atoms with Crippen molar-refractivity contribution in [3.8, 4) is 0 Å². The van der Waals surface area contributed by atoms with Crippen LogP contribution in [0.3, 0.4) is 0 Å². The van der Waals surface area contributed by atoms with Crippen LogP contribution >= 0.6 is 11.8 Å². The molecule has 5 rings (SSSR count). The molecular formula is C28H27F2N3O8S. The van der Waals surface area contributed by atoms with Crippen molar-refractivity contribution in [2.24, 2.45) is 4.99 Å². The van der Waals surface area contributed by atoms with Crippen LogP contribution < -0.4 is 0 Å². The summed E-state index contributed by atoms with van der Waals surface area (Å²) in [6, 6.07) is 8.56. The van der Waals surface area contributed by atoms with E-state index in [0.29, 0.717) is 5.56 Å². The van der Waals surface area contributed by atoms with Crippen LogP contribution in [0, 0.1) is 11.6 Å². The van der Waals surface area contributed by atoms with Gasteiger partial charge in [-0.3, -0.25) is 14.4 Å². The Balaban J connectivity index is 1.74. The smallest absolute Gasteiger partial charge is 0.449 e. The highest BCUT2D eigenvalue weighted by atomic mass is 32.2. The van der Waals surface area contributed by atoms with Crippen LogP contribution in [0.15, 0.2) is 57.7 Å². The molecule has 0 N–H and O–H groups in total. The van der Waals surface area contributed by atoms with Gasteiger partial charge in [0.05, 0.1) is 39.5 Å². The largest absolute Gasteiger partial charge is 0.510 e. The van der Waals surface area contributed by atoms with Gasteiger partial charge in [-0.1, -0.05) is 24.3 Å². The van der Waals surface area contributed by atoms with E-state index in [1.165, 1.54) is 34.9 Å². The van der Waals surface area contributed by atoms with Crippen molar-refractivity contribution in [2.75, 3.05) is 40.8 Å². The first kappa shape index (κ1) is 29.5. The number of hydrogen-bond donors (Lipinski definition) is 0. The Morgan fingerprint density at radius 3 is 2.67 bits per heavy atom. The molecule has 2 fully saturated rings. The quantitative estimate of drug-likeness (QED) is 0.160. The van der Waals surface area contributed by atoms with Gasteiger partial charge in [-0.2, -0.15) is 0 Å². The standard InChI is InChI=1S/C28H27F2N3O8S/c1-31-26(34)25(40-14-41-28(36)37-2)24-27(35)32-10-11-39-12-19(32)23(33(24)38-3)21-15-8-9-18(29)22(30)17(15)13-42-20-7-5-4-6-16(20)21/h4-9,19,21,23H,1,10-14H2,2-3H3/b25-24+. The third kappa shape index (κ3) is 5.21. The lowest BCUT2D eigenvalue weighted by Crippen LogP contribution is -2.66. The van der Waals surface area contributed by atoms with E-state index in [9.17, 15) is 18.8 Å². The number of rotatable bonds is 6. The zero-order valence-electron chi connectivity index (χ0n) is 22.7. The molecule has 3 heterocycles. The van der Waals surface area contributed by atoms with Crippen molar-refractivity contribution in [2.45, 2.75) is 28.6 Å². The topological polar surface area (TPSA) is 116 Å². The first-order valence-electron chi connectivity index (χ1n) is 12.8. The number of hydrogen-bond acceptors (Lipinski definition) is 10. The van der Waals surface area contributed by atoms with Crippen LogP contribution in [0.25, 0.3) is 0 Å². The summed E-state index contributed by atoms with van der Waals surface area (Å²) >= 11 is 1.36. The minimum atomic E-state index is -1.08. The number of piperazine rings is 1. The predicted octanol–water partition coefficient (Wildman–Crippen LogP) is 3.37. The van der Waals surface area contributed by atoms with Gasteiger partial charge >= 0.3 is 12.1 Å². The Morgan fingerprint density at radius 1 is 1.14 bits per heavy atom. The van der Waals surface area contributed by atoms with Gasteiger partial charge in [0.2, 0.25) is 12.6 Å². The van der Waals surface area contributed by atoms with Crippen LogP contribution in [0.1, 0.15) is 22.6 Å². The molecule has 3 aliphatic rings. The summed E-state index contributed by atoms with van der Waals surface area (Å²) in [7, 11) is 2.39. The van der Waals surface area contributed by atoms with Gasteiger partial charge in [0.25, 0.3) is 5.91 Å². The molecule has 222 valence electrons. The molecule has 0 bridgehead atoms. The first-order valence-corrected chi connectivity index (χ1v) is 13.8. The summed E-state index contributed by atoms with van der Waals surface area (Å²) in [4.78, 5) is 50.1. The number of hydroxylamine groups is 2. The number of amides is 2. The van der Waals surface area contributed by atoms with Gasteiger partial charge in [0.15, 0.2) is 17.3 Å². The number of carbonyl (C=O) groups excluding carboxylic acids is 3. The fourth-order valence-electron chi connectivity index (χ4n) is 5.56. The normalized spacial score (nSPS) is 22.7. The van der Waals surface area contributed by atoms with Gasteiger partial charge in [0.1, 0.15) is 0 Å². The second kappa shape index (κ2) is 12.5. The molecule has 3 atom stereocenters. The molecule has 0 aromatic heterocycles. The molecular weight excluding hydrogens is 576 g/mol. The van der Waals surface area contributed by atoms with Crippen molar-refractivity contribution in [1.29, 1.82) is 0 Å². The number of ether oxygens (including phenoxy) is 4. The summed E-state index contributed by atoms with van der Waals surface area (Å²) in [6.45, 7) is 2.96. The van der Waals surface area contributed by atoms with Crippen molar-refractivity contribution in [1.82, 2.24) is 9.96 Å². The first-order chi connectivity index (χ1) is 20.3. The number of methoxy groups -OCH3 is 1. The van der Waals surface area contributed by atoms with Crippen molar-refractivity contribution >= 4 is 36.4 Å². The summed E-state index contributed by atoms with van der Waals surface area (Å²) in [6.07, 6.45) is -1.08. The number of fused-ring (bicyclic) bond motifs is 3. The Bertz CT molecular complexity index is 1450. The van der Waals surface area contributed by atoms with Gasteiger partial charge in [-0.25, -0.2) is 23.6 Å². The van der Waals surface area contributed by atoms with Crippen molar-refractivity contribution in [3.05, 3.63) is 76.2 Å². The summed E-state index contributed by atoms with van der Waals surface area (Å²) in [5, 5.41) is 1.22. The fraction of sp³-hybridized carbons (Fsp3) is 0.357. The molecule has 14 heteroatoms. The van der Waals surface area contributed by atoms with Gasteiger partial charge in [0, 0.05) is 28.7 Å². The van der Waals surface area contributed by atoms with Crippen LogP contribution in [0.4, 0.5) is 13.6 Å². The Morgan fingerprint density at radius 2 is 1.93 bits per heavy atom. The molecule has 0 spiro atoms. The molecule has 2 aromatic carbocycles. The molecule has 3 aliphatic heterocycles. The van der Waals surface area contributed by atoms with Gasteiger partial charge in [-0.15, -0.1) is 11.8 Å². The van der Waals surface area contributed by atoms with E-state index in [2.05, 4.69) is 16.4 Å². The number of carbonyl (C=O) groups is 3. The van der Waals surface area contributed by atoms with E-state index in [4.69, 9.17) is 19.0 Å². The zero-order valence-corrected chi connectivity index (χ0v) is 23.5. The second-order valence-electron chi connectivity index (χ2n) is 9.37. The number of aliphatic imine (C=N–C) groups is 1. The van der Waals surface area contributed by atoms with Crippen molar-refractivity contribution < 1.29 is 46.9 Å². The highest BCUT2D eigenvalue weighted by molar-refractivity contribution is 7.98. The molecule has 2 amide bonds. The fourth-order valence-corrected chi connectivity index (χ4v) is 6.69. The summed E-state index contributed by atoms with van der Waals surface area (Å²) < 4.78 is 50.3. The number of nitrogens with zero attached hydrogens (tertiary/aromatic N) is 3. The number of morpholine rings is 1. The average Bonchev–Trinajstić information content (AvgIpc) is 3.18. The van der Waals surface area contributed by atoms with Crippen LogP contribution in [-0.2, 0) is 39.1 Å². The van der Waals surface area contributed by atoms with Crippen LogP contribution in [0.2, 0.25) is 0 Å². The van der Waals surface area contributed by atoms with E-state index in [1.807, 2.05) is 24.3 Å². The molecule has 11 nitrogen and oxygen atoms in total. The number of thioether (sulfide) groups is 1. The number of halogens is 2. The minimum absolute atomic E-state index is 0.101. The van der Waals surface area contributed by atoms with E-state index < -0.39 is 60.2 Å². The van der Waals surface area contributed by atoms with Gasteiger partial charge < -0.3 is 23.8 Å². The molecule has 2 saturated heterocycles. The highest BCUT2D eigenvalue weighted by Crippen LogP contribution is 2.48. The Labute approximate surface area is 243 Å². The molecule has 42 heavy (non-hydrogen) atoms. The molecule has 0 radical (unpaired) electrons. The van der Waals surface area contributed by atoms with Crippen molar-refractivity contribution in [3.63, 3.8) is 0 Å². The maximum Gasteiger partial charge on any atom is 0.510 e. The van der Waals surface area contributed by atoms with Crippen LogP contribution in [-0.4, -0.2) is 87.5 Å². The Kier molecular flexibility index (Phi) is 8.75. The average molecular weight is 604 g/mol. The molecule has 3 unspecified atom stereocenters. The van der Waals surface area contributed by atoms with E-state index in [0.717, 1.165) is 23.6 Å². The monoisotopic (exact) mass is 603 g/mol.